The summed E-state index contributed by atoms with van der Waals surface area (Å²) < 4.78 is 5.32. The van der Waals surface area contributed by atoms with Crippen molar-refractivity contribution in [1.29, 1.82) is 0 Å². The Labute approximate surface area is 101 Å². The molecule has 0 aliphatic rings. The van der Waals surface area contributed by atoms with Crippen molar-refractivity contribution in [2.24, 2.45) is 5.92 Å². The number of nitrogens with zero attached hydrogens (tertiary/aromatic N) is 1. The zero-order valence-electron chi connectivity index (χ0n) is 10.3. The van der Waals surface area contributed by atoms with Gasteiger partial charge in [0, 0.05) is 18.4 Å². The molecule has 0 heterocycles. The largest absolute Gasteiger partial charge is 0.444 e. The summed E-state index contributed by atoms with van der Waals surface area (Å²) in [5.41, 5.74) is -0.418. The Balaban J connectivity index is 4.28. The standard InChI is InChI=1S/C11H22BrNO2/c1-9(2)8-13(7-6-12)10(14)15-11(3,4)5/h9H,6-8H2,1-5H3. The second kappa shape index (κ2) is 6.36. The summed E-state index contributed by atoms with van der Waals surface area (Å²) in [6, 6.07) is 0. The van der Waals surface area contributed by atoms with Gasteiger partial charge in [-0.2, -0.15) is 0 Å². The molecule has 0 radical (unpaired) electrons. The first kappa shape index (κ1) is 14.8. The van der Waals surface area contributed by atoms with Crippen molar-refractivity contribution < 1.29 is 9.53 Å². The highest BCUT2D eigenvalue weighted by molar-refractivity contribution is 9.09. The summed E-state index contributed by atoms with van der Waals surface area (Å²) in [6.45, 7) is 11.2. The van der Waals surface area contributed by atoms with E-state index in [4.69, 9.17) is 4.74 Å². The lowest BCUT2D eigenvalue weighted by atomic mass is 10.2. The molecular formula is C11H22BrNO2. The minimum atomic E-state index is -0.418. The molecule has 4 heteroatoms. The molecule has 0 N–H and O–H groups in total. The van der Waals surface area contributed by atoms with Gasteiger partial charge in [-0.15, -0.1) is 0 Å². The maximum absolute atomic E-state index is 11.8. The van der Waals surface area contributed by atoms with E-state index in [-0.39, 0.29) is 6.09 Å². The lowest BCUT2D eigenvalue weighted by molar-refractivity contribution is 0.0242. The van der Waals surface area contributed by atoms with E-state index >= 15 is 0 Å². The van der Waals surface area contributed by atoms with Crippen LogP contribution in [0.4, 0.5) is 4.79 Å². The fourth-order valence-corrected chi connectivity index (χ4v) is 1.55. The molecule has 0 rings (SSSR count). The predicted octanol–water partition coefficient (Wildman–Crippen LogP) is 3.27. The number of carbonyl (C=O) groups excluding carboxylic acids is 1. The second-order valence-electron chi connectivity index (χ2n) is 5.01. The Bertz CT molecular complexity index is 199. The van der Waals surface area contributed by atoms with Gasteiger partial charge in [0.15, 0.2) is 0 Å². The second-order valence-corrected chi connectivity index (χ2v) is 5.80. The van der Waals surface area contributed by atoms with Crippen molar-refractivity contribution in [2.45, 2.75) is 40.2 Å². The molecule has 0 aliphatic heterocycles. The quantitative estimate of drug-likeness (QED) is 0.740. The minimum Gasteiger partial charge on any atom is -0.444 e. The van der Waals surface area contributed by atoms with Crippen LogP contribution in [0.1, 0.15) is 34.6 Å². The Morgan fingerprint density at radius 3 is 2.27 bits per heavy atom. The molecule has 0 aliphatic carbocycles. The molecule has 0 bridgehead atoms. The number of halogens is 1. The van der Waals surface area contributed by atoms with E-state index < -0.39 is 5.60 Å². The van der Waals surface area contributed by atoms with E-state index in [0.29, 0.717) is 12.5 Å². The van der Waals surface area contributed by atoms with E-state index in [2.05, 4.69) is 29.8 Å². The Kier molecular flexibility index (Phi) is 6.25. The maximum Gasteiger partial charge on any atom is 0.410 e. The normalized spacial score (nSPS) is 11.7. The van der Waals surface area contributed by atoms with Gasteiger partial charge >= 0.3 is 6.09 Å². The molecule has 0 aromatic heterocycles. The van der Waals surface area contributed by atoms with Crippen LogP contribution in [0.2, 0.25) is 0 Å². The van der Waals surface area contributed by atoms with Crippen LogP contribution in [0, 0.1) is 5.92 Å². The van der Waals surface area contributed by atoms with Gasteiger partial charge in [0.1, 0.15) is 5.60 Å². The van der Waals surface area contributed by atoms with E-state index in [1.165, 1.54) is 0 Å². The maximum atomic E-state index is 11.8. The average molecular weight is 280 g/mol. The van der Waals surface area contributed by atoms with Gasteiger partial charge in [-0.3, -0.25) is 0 Å². The predicted molar refractivity (Wildman–Crippen MR) is 66.4 cm³/mol. The van der Waals surface area contributed by atoms with Gasteiger partial charge in [-0.25, -0.2) is 4.79 Å². The fourth-order valence-electron chi connectivity index (χ4n) is 1.13. The summed E-state index contributed by atoms with van der Waals surface area (Å²) in [6.07, 6.45) is -0.226. The van der Waals surface area contributed by atoms with Gasteiger partial charge in [-0.05, 0) is 26.7 Å². The number of alkyl halides is 1. The summed E-state index contributed by atoms with van der Waals surface area (Å²) in [5.74, 6) is 0.455. The van der Waals surface area contributed by atoms with Crippen molar-refractivity contribution in [3.8, 4) is 0 Å². The van der Waals surface area contributed by atoms with Crippen molar-refractivity contribution in [1.82, 2.24) is 4.90 Å². The first-order valence-electron chi connectivity index (χ1n) is 5.30. The molecule has 0 aromatic rings. The molecule has 3 nitrogen and oxygen atoms in total. The minimum absolute atomic E-state index is 0.226. The molecule has 0 atom stereocenters. The highest BCUT2D eigenvalue weighted by Crippen LogP contribution is 2.11. The van der Waals surface area contributed by atoms with E-state index in [1.54, 1.807) is 4.90 Å². The lowest BCUT2D eigenvalue weighted by Gasteiger charge is -2.28. The SMILES string of the molecule is CC(C)CN(CCBr)C(=O)OC(C)(C)C. The number of carbonyl (C=O) groups is 1. The third kappa shape index (κ3) is 7.65. The molecule has 0 fully saturated rings. The van der Waals surface area contributed by atoms with Crippen molar-refractivity contribution in [3.63, 3.8) is 0 Å². The fraction of sp³-hybridized carbons (Fsp3) is 0.909. The van der Waals surface area contributed by atoms with Gasteiger partial charge in [0.05, 0.1) is 0 Å². The number of rotatable bonds is 4. The van der Waals surface area contributed by atoms with Crippen LogP contribution in [-0.2, 0) is 4.74 Å². The Hall–Kier alpha value is -0.250. The van der Waals surface area contributed by atoms with E-state index in [1.807, 2.05) is 20.8 Å². The van der Waals surface area contributed by atoms with Crippen LogP contribution >= 0.6 is 15.9 Å². The van der Waals surface area contributed by atoms with E-state index in [9.17, 15) is 4.79 Å². The third-order valence-electron chi connectivity index (χ3n) is 1.59. The smallest absolute Gasteiger partial charge is 0.410 e. The van der Waals surface area contributed by atoms with Crippen molar-refractivity contribution in [2.75, 3.05) is 18.4 Å². The molecular weight excluding hydrogens is 258 g/mol. The summed E-state index contributed by atoms with van der Waals surface area (Å²) in [4.78, 5) is 13.5. The van der Waals surface area contributed by atoms with Gasteiger partial charge < -0.3 is 9.64 Å². The zero-order chi connectivity index (χ0) is 12.1. The van der Waals surface area contributed by atoms with Crippen LogP contribution in [0.25, 0.3) is 0 Å². The summed E-state index contributed by atoms with van der Waals surface area (Å²) in [5, 5.41) is 0.777. The zero-order valence-corrected chi connectivity index (χ0v) is 11.9. The highest BCUT2D eigenvalue weighted by atomic mass is 79.9. The lowest BCUT2D eigenvalue weighted by Crippen LogP contribution is -2.39. The van der Waals surface area contributed by atoms with Gasteiger partial charge in [0.2, 0.25) is 0 Å². The molecule has 0 saturated heterocycles. The number of ether oxygens (including phenoxy) is 1. The molecule has 1 amide bonds. The van der Waals surface area contributed by atoms with Crippen LogP contribution in [0.5, 0.6) is 0 Å². The van der Waals surface area contributed by atoms with Gasteiger partial charge in [0.25, 0.3) is 0 Å². The Morgan fingerprint density at radius 1 is 1.40 bits per heavy atom. The van der Waals surface area contributed by atoms with E-state index in [0.717, 1.165) is 11.9 Å². The van der Waals surface area contributed by atoms with Crippen LogP contribution < -0.4 is 0 Å². The molecule has 0 spiro atoms. The first-order chi connectivity index (χ1) is 6.76. The number of amides is 1. The van der Waals surface area contributed by atoms with Crippen LogP contribution in [-0.4, -0.2) is 35.0 Å². The van der Waals surface area contributed by atoms with Crippen molar-refractivity contribution >= 4 is 22.0 Å². The van der Waals surface area contributed by atoms with Crippen LogP contribution in [0.15, 0.2) is 0 Å². The van der Waals surface area contributed by atoms with Crippen molar-refractivity contribution in [3.05, 3.63) is 0 Å². The topological polar surface area (TPSA) is 29.5 Å². The molecule has 0 unspecified atom stereocenters. The van der Waals surface area contributed by atoms with Crippen LogP contribution in [0.3, 0.4) is 0 Å². The number of hydrogen-bond acceptors (Lipinski definition) is 2. The Morgan fingerprint density at radius 2 is 1.93 bits per heavy atom. The highest BCUT2D eigenvalue weighted by Gasteiger charge is 2.21. The summed E-state index contributed by atoms with van der Waals surface area (Å²) >= 11 is 3.34. The number of hydrogen-bond donors (Lipinski definition) is 0. The summed E-state index contributed by atoms with van der Waals surface area (Å²) in [7, 11) is 0. The van der Waals surface area contributed by atoms with Gasteiger partial charge in [-0.1, -0.05) is 29.8 Å². The third-order valence-corrected chi connectivity index (χ3v) is 1.95. The monoisotopic (exact) mass is 279 g/mol. The average Bonchev–Trinajstić information content (AvgIpc) is 1.99. The molecule has 0 aromatic carbocycles. The molecule has 15 heavy (non-hydrogen) atoms. The molecule has 0 saturated carbocycles. The molecule has 90 valence electrons. The first-order valence-corrected chi connectivity index (χ1v) is 6.42.